The first-order valence-electron chi connectivity index (χ1n) is 8.29. The summed E-state index contributed by atoms with van der Waals surface area (Å²) < 4.78 is 0. The molecule has 8 heteroatoms. The molecule has 2 rings (SSSR count). The molecule has 2 aliphatic heterocycles. The van der Waals surface area contributed by atoms with Crippen LogP contribution < -0.4 is 16.4 Å². The first-order valence-corrected chi connectivity index (χ1v) is 9.33. The van der Waals surface area contributed by atoms with Gasteiger partial charge >= 0.3 is 12.0 Å². The number of fused-ring (bicyclic) bond motifs is 1. The number of rotatable bonds is 7. The van der Waals surface area contributed by atoms with Gasteiger partial charge in [-0.15, -0.1) is 0 Å². The number of carboxylic acids is 1. The molecule has 0 aromatic rings. The quantitative estimate of drug-likeness (QED) is 0.398. The molecule has 24 heavy (non-hydrogen) atoms. The standard InChI is InChI=1S/C16H27N3O4S/c1-15(2,3)16(13(21)22,11(20)7-17)6-4-5-10-12-9(8-24-10)18-14(23)19-12/h9-10,12H,4-8,17H2,1-3H3,(H,21,22)(H2,18,19,23)/t9-,10-,12-,16?/m0/s1. The second-order valence-corrected chi connectivity index (χ2v) is 8.87. The van der Waals surface area contributed by atoms with Crippen LogP contribution in [0.1, 0.15) is 40.0 Å². The monoisotopic (exact) mass is 357 g/mol. The van der Waals surface area contributed by atoms with Gasteiger partial charge in [-0.3, -0.25) is 9.59 Å². The number of Topliss-reactive ketones (excluding diaryl/α,β-unsaturated/α-hetero) is 1. The van der Waals surface area contributed by atoms with Crippen molar-refractivity contribution in [3.8, 4) is 0 Å². The minimum atomic E-state index is -1.47. The predicted molar refractivity (Wildman–Crippen MR) is 92.9 cm³/mol. The van der Waals surface area contributed by atoms with E-state index in [1.807, 2.05) is 0 Å². The molecule has 2 heterocycles. The van der Waals surface area contributed by atoms with Crippen molar-refractivity contribution < 1.29 is 19.5 Å². The molecule has 2 fully saturated rings. The number of urea groups is 1. The van der Waals surface area contributed by atoms with Gasteiger partial charge in [0, 0.05) is 11.0 Å². The lowest BCUT2D eigenvalue weighted by atomic mass is 9.61. The number of nitrogens with one attached hydrogen (secondary N) is 2. The maximum atomic E-state index is 12.4. The Kier molecular flexibility index (Phi) is 5.49. The molecule has 0 aliphatic carbocycles. The van der Waals surface area contributed by atoms with Gasteiger partial charge < -0.3 is 21.5 Å². The van der Waals surface area contributed by atoms with Gasteiger partial charge in [0.25, 0.3) is 0 Å². The number of carbonyl (C=O) groups excluding carboxylic acids is 2. The van der Waals surface area contributed by atoms with E-state index in [9.17, 15) is 19.5 Å². The number of amides is 2. The Balaban J connectivity index is 2.05. The zero-order valence-electron chi connectivity index (χ0n) is 14.4. The van der Waals surface area contributed by atoms with Crippen LogP contribution in [-0.4, -0.2) is 52.5 Å². The molecule has 136 valence electrons. The van der Waals surface area contributed by atoms with E-state index in [0.717, 1.165) is 12.2 Å². The van der Waals surface area contributed by atoms with Crippen molar-refractivity contribution in [1.29, 1.82) is 0 Å². The highest BCUT2D eigenvalue weighted by Crippen LogP contribution is 2.45. The summed E-state index contributed by atoms with van der Waals surface area (Å²) in [7, 11) is 0. The molecule has 5 N–H and O–H groups in total. The van der Waals surface area contributed by atoms with Crippen molar-refractivity contribution in [1.82, 2.24) is 10.6 Å². The predicted octanol–water partition coefficient (Wildman–Crippen LogP) is 0.967. The zero-order chi connectivity index (χ0) is 18.1. The van der Waals surface area contributed by atoms with Crippen molar-refractivity contribution in [3.05, 3.63) is 0 Å². The summed E-state index contributed by atoms with van der Waals surface area (Å²) in [6.07, 6.45) is 1.63. The van der Waals surface area contributed by atoms with Gasteiger partial charge in [0.15, 0.2) is 5.78 Å². The number of hydrogen-bond acceptors (Lipinski definition) is 5. The number of ketones is 1. The van der Waals surface area contributed by atoms with Gasteiger partial charge in [0.2, 0.25) is 0 Å². The van der Waals surface area contributed by atoms with E-state index in [0.29, 0.717) is 6.42 Å². The van der Waals surface area contributed by atoms with Crippen LogP contribution in [0.3, 0.4) is 0 Å². The smallest absolute Gasteiger partial charge is 0.317 e. The zero-order valence-corrected chi connectivity index (χ0v) is 15.2. The topological polar surface area (TPSA) is 122 Å². The first kappa shape index (κ1) is 19.1. The summed E-state index contributed by atoms with van der Waals surface area (Å²) in [6.45, 7) is 5.05. The Morgan fingerprint density at radius 1 is 1.33 bits per heavy atom. The Hall–Kier alpha value is -1.28. The molecule has 0 aromatic carbocycles. The largest absolute Gasteiger partial charge is 0.480 e. The molecular formula is C16H27N3O4S. The van der Waals surface area contributed by atoms with Gasteiger partial charge in [-0.25, -0.2) is 4.79 Å². The van der Waals surface area contributed by atoms with Crippen LogP contribution in [0.15, 0.2) is 0 Å². The Bertz CT molecular complexity index is 534. The van der Waals surface area contributed by atoms with Gasteiger partial charge in [-0.2, -0.15) is 11.8 Å². The fourth-order valence-corrected chi connectivity index (χ4v) is 5.41. The van der Waals surface area contributed by atoms with Crippen LogP contribution in [0, 0.1) is 10.8 Å². The van der Waals surface area contributed by atoms with E-state index >= 15 is 0 Å². The van der Waals surface area contributed by atoms with Crippen LogP contribution in [-0.2, 0) is 9.59 Å². The summed E-state index contributed by atoms with van der Waals surface area (Å²) in [4.78, 5) is 35.8. The highest BCUT2D eigenvalue weighted by Gasteiger charge is 2.53. The maximum absolute atomic E-state index is 12.4. The third-order valence-electron chi connectivity index (χ3n) is 5.29. The maximum Gasteiger partial charge on any atom is 0.317 e. The average molecular weight is 357 g/mol. The van der Waals surface area contributed by atoms with Crippen LogP contribution in [0.2, 0.25) is 0 Å². The molecule has 1 unspecified atom stereocenters. The van der Waals surface area contributed by atoms with E-state index in [-0.39, 0.29) is 36.3 Å². The number of aliphatic carboxylic acids is 1. The van der Waals surface area contributed by atoms with Gasteiger partial charge in [-0.05, 0) is 18.3 Å². The second kappa shape index (κ2) is 6.92. The van der Waals surface area contributed by atoms with E-state index in [1.165, 1.54) is 0 Å². The van der Waals surface area contributed by atoms with Crippen LogP contribution in [0.25, 0.3) is 0 Å². The molecule has 7 nitrogen and oxygen atoms in total. The highest BCUT2D eigenvalue weighted by molar-refractivity contribution is 8.00. The van der Waals surface area contributed by atoms with E-state index in [1.54, 1.807) is 32.5 Å². The second-order valence-electron chi connectivity index (χ2n) is 7.60. The summed E-state index contributed by atoms with van der Waals surface area (Å²) in [5, 5.41) is 15.8. The van der Waals surface area contributed by atoms with Crippen molar-refractivity contribution >= 4 is 29.5 Å². The summed E-state index contributed by atoms with van der Waals surface area (Å²) >= 11 is 1.78. The SMILES string of the molecule is CC(C)(C)C(CCC[C@@H]1SC[C@@H]2NC(=O)N[C@@H]21)(C(=O)O)C(=O)CN. The lowest BCUT2D eigenvalue weighted by Crippen LogP contribution is -2.52. The lowest BCUT2D eigenvalue weighted by Gasteiger charge is -2.40. The van der Waals surface area contributed by atoms with Crippen LogP contribution >= 0.6 is 11.8 Å². The minimum Gasteiger partial charge on any atom is -0.480 e. The summed E-state index contributed by atoms with van der Waals surface area (Å²) in [5.41, 5.74) is 3.31. The molecule has 0 bridgehead atoms. The fourth-order valence-electron chi connectivity index (χ4n) is 3.87. The molecule has 0 saturated carbocycles. The van der Waals surface area contributed by atoms with E-state index in [2.05, 4.69) is 10.6 Å². The lowest BCUT2D eigenvalue weighted by molar-refractivity contribution is -0.163. The number of carboxylic acid groups (broad SMARTS) is 1. The van der Waals surface area contributed by atoms with Crippen molar-refractivity contribution in [3.63, 3.8) is 0 Å². The summed E-state index contributed by atoms with van der Waals surface area (Å²) in [5.74, 6) is -0.660. The van der Waals surface area contributed by atoms with Crippen LogP contribution in [0.4, 0.5) is 4.79 Å². The fraction of sp³-hybridized carbons (Fsp3) is 0.812. The number of nitrogens with two attached hydrogens (primary N) is 1. The molecule has 2 amide bonds. The van der Waals surface area contributed by atoms with Gasteiger partial charge in [0.05, 0.1) is 18.6 Å². The number of thioether (sulfide) groups is 1. The molecule has 0 radical (unpaired) electrons. The molecule has 0 spiro atoms. The van der Waals surface area contributed by atoms with Crippen molar-refractivity contribution in [2.45, 2.75) is 57.4 Å². The Labute approximate surface area is 146 Å². The van der Waals surface area contributed by atoms with E-state index in [4.69, 9.17) is 5.73 Å². The molecule has 2 saturated heterocycles. The third-order valence-corrected chi connectivity index (χ3v) is 6.79. The van der Waals surface area contributed by atoms with Crippen molar-refractivity contribution in [2.75, 3.05) is 12.3 Å². The molecule has 2 aliphatic rings. The van der Waals surface area contributed by atoms with Crippen LogP contribution in [0.5, 0.6) is 0 Å². The normalized spacial score (nSPS) is 28.7. The highest BCUT2D eigenvalue weighted by atomic mass is 32.2. The van der Waals surface area contributed by atoms with E-state index < -0.39 is 22.6 Å². The number of hydrogen-bond donors (Lipinski definition) is 4. The first-order chi connectivity index (χ1) is 11.1. The third kappa shape index (κ3) is 3.26. The van der Waals surface area contributed by atoms with Gasteiger partial charge in [0.1, 0.15) is 5.41 Å². The van der Waals surface area contributed by atoms with Crippen molar-refractivity contribution in [2.24, 2.45) is 16.6 Å². The summed E-state index contributed by atoms with van der Waals surface area (Å²) in [6, 6.07) is 0.0924. The van der Waals surface area contributed by atoms with Gasteiger partial charge in [-0.1, -0.05) is 27.2 Å². The Morgan fingerprint density at radius 3 is 2.54 bits per heavy atom. The molecule has 0 aromatic heterocycles. The number of carbonyl (C=O) groups is 3. The average Bonchev–Trinajstić information content (AvgIpc) is 3.00. The minimum absolute atomic E-state index is 0.0848. The Morgan fingerprint density at radius 2 is 2.00 bits per heavy atom. The molecule has 4 atom stereocenters. The molecular weight excluding hydrogens is 330 g/mol.